The largest absolute Gasteiger partial charge is 0.306 e. The Morgan fingerprint density at radius 2 is 1.91 bits per heavy atom. The summed E-state index contributed by atoms with van der Waals surface area (Å²) in [5, 5.41) is 7.69. The molecule has 0 bridgehead atoms. The zero-order valence-corrected chi connectivity index (χ0v) is 14.8. The van der Waals surface area contributed by atoms with Gasteiger partial charge < -0.3 is 5.32 Å². The molecule has 2 aromatic rings. The summed E-state index contributed by atoms with van der Waals surface area (Å²) in [5.41, 5.74) is 4.01. The standard InChI is InChI=1S/C16H24N4O2S/c1-5-23(21,22)19-16-8-6-14(7-9-16)12(2)17-10-15-11-18-20(4)13(15)3/h6-9,11-12,17,19H,5,10H2,1-4H3/t12-/m0/s1. The van der Waals surface area contributed by atoms with Gasteiger partial charge in [-0.3, -0.25) is 9.40 Å². The summed E-state index contributed by atoms with van der Waals surface area (Å²) < 4.78 is 27.5. The molecule has 0 unspecified atom stereocenters. The van der Waals surface area contributed by atoms with Gasteiger partial charge in [0.05, 0.1) is 11.9 Å². The molecule has 0 fully saturated rings. The number of sulfonamides is 1. The number of anilines is 1. The van der Waals surface area contributed by atoms with Crippen LogP contribution >= 0.6 is 0 Å². The van der Waals surface area contributed by atoms with E-state index < -0.39 is 10.0 Å². The van der Waals surface area contributed by atoms with Crippen molar-refractivity contribution in [3.8, 4) is 0 Å². The molecule has 1 atom stereocenters. The SMILES string of the molecule is CCS(=O)(=O)Nc1ccc([C@H](C)NCc2cnn(C)c2C)cc1. The second-order valence-electron chi connectivity index (χ2n) is 5.61. The third-order valence-corrected chi connectivity index (χ3v) is 5.31. The van der Waals surface area contributed by atoms with Crippen LogP contribution < -0.4 is 10.0 Å². The van der Waals surface area contributed by atoms with Crippen LogP contribution in [0.5, 0.6) is 0 Å². The summed E-state index contributed by atoms with van der Waals surface area (Å²) in [4.78, 5) is 0. The fourth-order valence-corrected chi connectivity index (χ4v) is 2.83. The predicted octanol–water partition coefficient (Wildman–Crippen LogP) is 2.34. The quantitative estimate of drug-likeness (QED) is 0.814. The van der Waals surface area contributed by atoms with Crippen molar-refractivity contribution in [1.82, 2.24) is 15.1 Å². The van der Waals surface area contributed by atoms with E-state index in [-0.39, 0.29) is 11.8 Å². The van der Waals surface area contributed by atoms with Crippen molar-refractivity contribution < 1.29 is 8.42 Å². The molecule has 126 valence electrons. The Bertz CT molecular complexity index is 751. The van der Waals surface area contributed by atoms with Crippen LogP contribution in [0.3, 0.4) is 0 Å². The highest BCUT2D eigenvalue weighted by molar-refractivity contribution is 7.92. The van der Waals surface area contributed by atoms with Gasteiger partial charge in [0.2, 0.25) is 10.0 Å². The van der Waals surface area contributed by atoms with E-state index >= 15 is 0 Å². The van der Waals surface area contributed by atoms with Gasteiger partial charge in [0, 0.05) is 36.6 Å². The number of hydrogen-bond acceptors (Lipinski definition) is 4. The minimum Gasteiger partial charge on any atom is -0.306 e. The maximum Gasteiger partial charge on any atom is 0.232 e. The molecule has 6 nitrogen and oxygen atoms in total. The number of nitrogens with zero attached hydrogens (tertiary/aromatic N) is 2. The first kappa shape index (κ1) is 17.5. The molecule has 0 spiro atoms. The maximum atomic E-state index is 11.5. The molecular weight excluding hydrogens is 312 g/mol. The summed E-state index contributed by atoms with van der Waals surface area (Å²) in [6.45, 7) is 6.48. The summed E-state index contributed by atoms with van der Waals surface area (Å²) in [5.74, 6) is 0.0666. The molecule has 1 aromatic carbocycles. The first-order valence-electron chi connectivity index (χ1n) is 7.63. The fourth-order valence-electron chi connectivity index (χ4n) is 2.19. The summed E-state index contributed by atoms with van der Waals surface area (Å²) in [6, 6.07) is 7.60. The Morgan fingerprint density at radius 1 is 1.26 bits per heavy atom. The Kier molecular flexibility index (Phi) is 5.43. The molecule has 2 N–H and O–H groups in total. The molecule has 0 saturated carbocycles. The molecule has 1 heterocycles. The van der Waals surface area contributed by atoms with Gasteiger partial charge in [0.25, 0.3) is 0 Å². The van der Waals surface area contributed by atoms with E-state index in [9.17, 15) is 8.42 Å². The minimum atomic E-state index is -3.23. The molecule has 0 radical (unpaired) electrons. The van der Waals surface area contributed by atoms with Gasteiger partial charge in [-0.2, -0.15) is 5.10 Å². The molecule has 0 amide bonds. The first-order valence-corrected chi connectivity index (χ1v) is 9.29. The van der Waals surface area contributed by atoms with Crippen LogP contribution in [0, 0.1) is 6.92 Å². The van der Waals surface area contributed by atoms with Gasteiger partial charge in [0.1, 0.15) is 0 Å². The lowest BCUT2D eigenvalue weighted by molar-refractivity contribution is 0.572. The van der Waals surface area contributed by atoms with Crippen molar-refractivity contribution in [2.24, 2.45) is 7.05 Å². The normalized spacial score (nSPS) is 13.0. The maximum absolute atomic E-state index is 11.5. The molecule has 0 aliphatic rings. The van der Waals surface area contributed by atoms with Gasteiger partial charge in [-0.05, 0) is 38.5 Å². The van der Waals surface area contributed by atoms with Crippen LogP contribution in [0.25, 0.3) is 0 Å². The summed E-state index contributed by atoms with van der Waals surface area (Å²) in [6.07, 6.45) is 1.87. The number of rotatable bonds is 7. The first-order chi connectivity index (χ1) is 10.8. The van der Waals surface area contributed by atoms with Gasteiger partial charge >= 0.3 is 0 Å². The van der Waals surface area contributed by atoms with Crippen molar-refractivity contribution in [1.29, 1.82) is 0 Å². The van der Waals surface area contributed by atoms with Crippen molar-refractivity contribution in [3.63, 3.8) is 0 Å². The Labute approximate surface area is 138 Å². The van der Waals surface area contributed by atoms with Crippen molar-refractivity contribution in [2.45, 2.75) is 33.4 Å². The van der Waals surface area contributed by atoms with Crippen LogP contribution in [0.15, 0.2) is 30.5 Å². The molecule has 23 heavy (non-hydrogen) atoms. The van der Waals surface area contributed by atoms with Crippen molar-refractivity contribution >= 4 is 15.7 Å². The van der Waals surface area contributed by atoms with E-state index in [1.807, 2.05) is 37.0 Å². The highest BCUT2D eigenvalue weighted by Gasteiger charge is 2.10. The van der Waals surface area contributed by atoms with E-state index in [1.165, 1.54) is 5.56 Å². The van der Waals surface area contributed by atoms with E-state index in [0.717, 1.165) is 17.8 Å². The van der Waals surface area contributed by atoms with Crippen LogP contribution in [0.4, 0.5) is 5.69 Å². The topological polar surface area (TPSA) is 76.0 Å². The number of nitrogens with one attached hydrogen (secondary N) is 2. The molecule has 7 heteroatoms. The van der Waals surface area contributed by atoms with Crippen molar-refractivity contribution in [2.75, 3.05) is 10.5 Å². The van der Waals surface area contributed by atoms with Gasteiger partial charge in [-0.15, -0.1) is 0 Å². The van der Waals surface area contributed by atoms with Crippen LogP contribution in [0.2, 0.25) is 0 Å². The monoisotopic (exact) mass is 336 g/mol. The molecule has 0 aliphatic carbocycles. The third-order valence-electron chi connectivity index (χ3n) is 4.00. The van der Waals surface area contributed by atoms with Crippen molar-refractivity contribution in [3.05, 3.63) is 47.3 Å². The highest BCUT2D eigenvalue weighted by atomic mass is 32.2. The van der Waals surface area contributed by atoms with Gasteiger partial charge in [-0.1, -0.05) is 12.1 Å². The lowest BCUT2D eigenvalue weighted by Crippen LogP contribution is -2.18. The van der Waals surface area contributed by atoms with Crippen LogP contribution in [-0.2, 0) is 23.6 Å². The number of hydrogen-bond donors (Lipinski definition) is 2. The highest BCUT2D eigenvalue weighted by Crippen LogP contribution is 2.18. The molecular formula is C16H24N4O2S. The molecule has 0 saturated heterocycles. The summed E-state index contributed by atoms with van der Waals surface area (Å²) >= 11 is 0. The van der Waals surface area contributed by atoms with E-state index in [0.29, 0.717) is 5.69 Å². The zero-order valence-electron chi connectivity index (χ0n) is 14.0. The van der Waals surface area contributed by atoms with Gasteiger partial charge in [-0.25, -0.2) is 8.42 Å². The Balaban J connectivity index is 1.97. The minimum absolute atomic E-state index is 0.0666. The third kappa shape index (κ3) is 4.56. The number of benzene rings is 1. The molecule has 1 aromatic heterocycles. The van der Waals surface area contributed by atoms with E-state index in [2.05, 4.69) is 22.1 Å². The molecule has 2 rings (SSSR count). The average molecular weight is 336 g/mol. The average Bonchev–Trinajstić information content (AvgIpc) is 2.84. The van der Waals surface area contributed by atoms with E-state index in [1.54, 1.807) is 19.1 Å². The summed E-state index contributed by atoms with van der Waals surface area (Å²) in [7, 11) is -1.30. The lowest BCUT2D eigenvalue weighted by Gasteiger charge is -2.15. The lowest BCUT2D eigenvalue weighted by atomic mass is 10.1. The Hall–Kier alpha value is -1.86. The smallest absolute Gasteiger partial charge is 0.232 e. The predicted molar refractivity (Wildman–Crippen MR) is 92.7 cm³/mol. The van der Waals surface area contributed by atoms with E-state index in [4.69, 9.17) is 0 Å². The second-order valence-corrected chi connectivity index (χ2v) is 7.62. The van der Waals surface area contributed by atoms with Crippen LogP contribution in [0.1, 0.15) is 36.7 Å². The fraction of sp³-hybridized carbons (Fsp3) is 0.438. The number of aromatic nitrogens is 2. The van der Waals surface area contributed by atoms with Gasteiger partial charge in [0.15, 0.2) is 0 Å². The Morgan fingerprint density at radius 3 is 2.43 bits per heavy atom. The second kappa shape index (κ2) is 7.14. The zero-order chi connectivity index (χ0) is 17.0. The molecule has 0 aliphatic heterocycles. The van der Waals surface area contributed by atoms with Crippen LogP contribution in [-0.4, -0.2) is 24.0 Å². The number of aryl methyl sites for hydroxylation is 1.